The molecule has 3 N–H and O–H groups in total. The molecule has 1 amide bonds. The number of hydrogen-bond acceptors (Lipinski definition) is 5. The Morgan fingerprint density at radius 2 is 0.947 bits per heavy atom. The van der Waals surface area contributed by atoms with Crippen molar-refractivity contribution >= 4 is 13.7 Å². The van der Waals surface area contributed by atoms with Crippen LogP contribution in [0.1, 0.15) is 239 Å². The largest absolute Gasteiger partial charge is 0.472 e. The molecule has 0 bridgehead atoms. The van der Waals surface area contributed by atoms with Gasteiger partial charge in [0.1, 0.15) is 13.2 Å². The summed E-state index contributed by atoms with van der Waals surface area (Å²) in [5.74, 6) is -0.144. The van der Waals surface area contributed by atoms with E-state index in [1.54, 1.807) is 0 Å². The standard InChI is InChI=1S/C48H97N2O6P/c1-6-8-10-12-14-16-17-18-19-20-21-22-23-24-25-26-27-28-29-30-31-32-33-34-36-38-40-42-48(52)49-46(45-56-57(53,54)55-44-43-50(3,4)5)47(51)41-39-37-35-15-13-11-9-7-2/h20-21,46-47,51H,6-19,22-45H2,1-5H3,(H-,49,52,53,54)/p+1/b21-20-. The molecule has 0 aliphatic carbocycles. The number of hydrogen-bond donors (Lipinski definition) is 3. The van der Waals surface area contributed by atoms with E-state index in [9.17, 15) is 19.4 Å². The first-order valence-electron chi connectivity index (χ1n) is 24.6. The Morgan fingerprint density at radius 3 is 1.35 bits per heavy atom. The lowest BCUT2D eigenvalue weighted by Crippen LogP contribution is -2.46. The van der Waals surface area contributed by atoms with Crippen LogP contribution in [0.4, 0.5) is 0 Å². The predicted octanol–water partition coefficient (Wildman–Crippen LogP) is 13.9. The number of phosphoric acid groups is 1. The molecule has 57 heavy (non-hydrogen) atoms. The van der Waals surface area contributed by atoms with Gasteiger partial charge in [-0.15, -0.1) is 0 Å². The van der Waals surface area contributed by atoms with E-state index >= 15 is 0 Å². The van der Waals surface area contributed by atoms with Crippen LogP contribution in [0.25, 0.3) is 0 Å². The molecule has 0 aromatic carbocycles. The van der Waals surface area contributed by atoms with Crippen LogP contribution >= 0.6 is 7.82 Å². The van der Waals surface area contributed by atoms with Gasteiger partial charge in [0.25, 0.3) is 0 Å². The summed E-state index contributed by atoms with van der Waals surface area (Å²) >= 11 is 0. The minimum Gasteiger partial charge on any atom is -0.391 e. The number of allylic oxidation sites excluding steroid dienone is 2. The maximum atomic E-state index is 12.9. The fourth-order valence-corrected chi connectivity index (χ4v) is 8.07. The minimum absolute atomic E-state index is 0.0767. The van der Waals surface area contributed by atoms with Gasteiger partial charge >= 0.3 is 7.82 Å². The van der Waals surface area contributed by atoms with Gasteiger partial charge in [-0.1, -0.05) is 206 Å². The fourth-order valence-electron chi connectivity index (χ4n) is 7.34. The zero-order chi connectivity index (χ0) is 42.1. The van der Waals surface area contributed by atoms with E-state index in [1.165, 1.54) is 173 Å². The summed E-state index contributed by atoms with van der Waals surface area (Å²) in [6.45, 7) is 4.87. The van der Waals surface area contributed by atoms with E-state index in [-0.39, 0.29) is 19.1 Å². The van der Waals surface area contributed by atoms with Crippen LogP contribution in [0.3, 0.4) is 0 Å². The van der Waals surface area contributed by atoms with E-state index in [0.717, 1.165) is 38.5 Å². The van der Waals surface area contributed by atoms with Crippen molar-refractivity contribution in [1.82, 2.24) is 5.32 Å². The van der Waals surface area contributed by atoms with Crippen molar-refractivity contribution in [3.63, 3.8) is 0 Å². The third kappa shape index (κ3) is 43.1. The molecule has 9 heteroatoms. The average Bonchev–Trinajstić information content (AvgIpc) is 3.16. The topological polar surface area (TPSA) is 105 Å². The number of rotatable bonds is 45. The maximum Gasteiger partial charge on any atom is 0.472 e. The van der Waals surface area contributed by atoms with Crippen LogP contribution in [-0.2, 0) is 18.4 Å². The highest BCUT2D eigenvalue weighted by molar-refractivity contribution is 7.47. The Hall–Kier alpha value is -0.760. The highest BCUT2D eigenvalue weighted by Gasteiger charge is 2.28. The van der Waals surface area contributed by atoms with Gasteiger partial charge in [0.05, 0.1) is 39.9 Å². The minimum atomic E-state index is -4.30. The normalized spacial score (nSPS) is 14.3. The summed E-state index contributed by atoms with van der Waals surface area (Å²) < 4.78 is 23.6. The lowest BCUT2D eigenvalue weighted by Gasteiger charge is -2.26. The van der Waals surface area contributed by atoms with Crippen LogP contribution in [0.2, 0.25) is 0 Å². The molecule has 3 unspecified atom stereocenters. The molecule has 0 saturated heterocycles. The molecule has 0 aliphatic heterocycles. The second-order valence-electron chi connectivity index (χ2n) is 18.2. The number of amides is 1. The molecule has 0 heterocycles. The van der Waals surface area contributed by atoms with Gasteiger partial charge in [-0.25, -0.2) is 4.57 Å². The summed E-state index contributed by atoms with van der Waals surface area (Å²) in [4.78, 5) is 23.1. The van der Waals surface area contributed by atoms with Gasteiger partial charge in [-0.3, -0.25) is 13.8 Å². The molecule has 0 aliphatic rings. The number of nitrogens with one attached hydrogen (secondary N) is 1. The molecule has 0 radical (unpaired) electrons. The number of phosphoric ester groups is 1. The summed E-state index contributed by atoms with van der Waals surface area (Å²) in [6.07, 6.45) is 47.0. The predicted molar refractivity (Wildman–Crippen MR) is 245 cm³/mol. The highest BCUT2D eigenvalue weighted by atomic mass is 31.2. The first kappa shape index (κ1) is 56.2. The quantitative estimate of drug-likeness (QED) is 0.0244. The van der Waals surface area contributed by atoms with Crippen molar-refractivity contribution in [3.8, 4) is 0 Å². The highest BCUT2D eigenvalue weighted by Crippen LogP contribution is 2.43. The van der Waals surface area contributed by atoms with E-state index in [4.69, 9.17) is 9.05 Å². The lowest BCUT2D eigenvalue weighted by molar-refractivity contribution is -0.870. The van der Waals surface area contributed by atoms with Crippen molar-refractivity contribution in [2.24, 2.45) is 0 Å². The van der Waals surface area contributed by atoms with E-state index in [0.29, 0.717) is 23.9 Å². The molecule has 3 atom stereocenters. The number of aliphatic hydroxyl groups is 1. The maximum absolute atomic E-state index is 12.9. The summed E-state index contributed by atoms with van der Waals surface area (Å²) in [7, 11) is 1.62. The van der Waals surface area contributed by atoms with Crippen LogP contribution in [0, 0.1) is 0 Å². The summed E-state index contributed by atoms with van der Waals surface area (Å²) in [6, 6.07) is -0.754. The molecule has 0 saturated carbocycles. The van der Waals surface area contributed by atoms with Gasteiger partial charge < -0.3 is 19.8 Å². The van der Waals surface area contributed by atoms with Crippen molar-refractivity contribution in [2.75, 3.05) is 40.9 Å². The average molecular weight is 830 g/mol. The monoisotopic (exact) mass is 830 g/mol. The Kier molecular flexibility index (Phi) is 40.1. The second-order valence-corrected chi connectivity index (χ2v) is 19.6. The van der Waals surface area contributed by atoms with E-state index < -0.39 is 20.0 Å². The number of carbonyl (C=O) groups is 1. The number of carbonyl (C=O) groups excluding carboxylic acids is 1. The molecule has 340 valence electrons. The third-order valence-electron chi connectivity index (χ3n) is 11.3. The number of quaternary nitrogens is 1. The van der Waals surface area contributed by atoms with Crippen LogP contribution in [0.5, 0.6) is 0 Å². The summed E-state index contributed by atoms with van der Waals surface area (Å²) in [5.41, 5.74) is 0. The first-order chi connectivity index (χ1) is 27.5. The van der Waals surface area contributed by atoms with Gasteiger partial charge in [0.2, 0.25) is 5.91 Å². The number of nitrogens with zero attached hydrogens (tertiary/aromatic N) is 1. The molecule has 8 nitrogen and oxygen atoms in total. The van der Waals surface area contributed by atoms with Gasteiger partial charge in [-0.2, -0.15) is 0 Å². The lowest BCUT2D eigenvalue weighted by atomic mass is 10.0. The molecule has 0 aromatic rings. The molecule has 0 fully saturated rings. The van der Waals surface area contributed by atoms with Crippen LogP contribution in [0.15, 0.2) is 12.2 Å². The smallest absolute Gasteiger partial charge is 0.391 e. The van der Waals surface area contributed by atoms with Crippen molar-refractivity contribution in [3.05, 3.63) is 12.2 Å². The van der Waals surface area contributed by atoms with Gasteiger partial charge in [0, 0.05) is 6.42 Å². The Morgan fingerprint density at radius 1 is 0.579 bits per heavy atom. The molecule has 0 spiro atoms. The Bertz CT molecular complexity index is 942. The molecular weight excluding hydrogens is 732 g/mol. The first-order valence-corrected chi connectivity index (χ1v) is 26.0. The Balaban J connectivity index is 3.99. The van der Waals surface area contributed by atoms with Crippen molar-refractivity contribution in [1.29, 1.82) is 0 Å². The molecule has 0 aromatic heterocycles. The number of aliphatic hydroxyl groups excluding tert-OH is 1. The van der Waals surface area contributed by atoms with Crippen LogP contribution in [-0.4, -0.2) is 73.4 Å². The molecule has 0 rings (SSSR count). The Labute approximate surface area is 354 Å². The van der Waals surface area contributed by atoms with Crippen molar-refractivity contribution in [2.45, 2.75) is 251 Å². The summed E-state index contributed by atoms with van der Waals surface area (Å²) in [5, 5.41) is 13.9. The number of unbranched alkanes of at least 4 members (excludes halogenated alkanes) is 30. The zero-order valence-corrected chi connectivity index (χ0v) is 39.5. The molecular formula is C48H98N2O6P+. The second kappa shape index (κ2) is 40.6. The van der Waals surface area contributed by atoms with Crippen molar-refractivity contribution < 1.29 is 32.9 Å². The SMILES string of the molecule is CCCCCCCCCC/C=C\CCCCCCCCCCCCCCCCCC(=O)NC(COP(=O)(O)OCC[N+](C)(C)C)C(O)CCCCCCCCCC. The van der Waals surface area contributed by atoms with Gasteiger partial charge in [0.15, 0.2) is 0 Å². The fraction of sp³-hybridized carbons (Fsp3) is 0.938. The van der Waals surface area contributed by atoms with Crippen LogP contribution < -0.4 is 5.32 Å². The van der Waals surface area contributed by atoms with E-state index in [1.807, 2.05) is 21.1 Å². The number of likely N-dealkylation sites (N-methyl/N-ethyl adjacent to an activating group) is 1. The van der Waals surface area contributed by atoms with E-state index in [2.05, 4.69) is 31.3 Å². The zero-order valence-electron chi connectivity index (χ0n) is 38.6. The third-order valence-corrected chi connectivity index (χ3v) is 12.2. The van der Waals surface area contributed by atoms with Gasteiger partial charge in [-0.05, 0) is 38.5 Å².